The molecule has 0 spiro atoms. The largest absolute Gasteiger partial charge is 0.465 e. The normalized spacial score (nSPS) is 10.4. The third kappa shape index (κ3) is 1.62. The number of hydrogen-bond donors (Lipinski definition) is 0. The number of aryl methyl sites for hydroxylation is 2. The van der Waals surface area contributed by atoms with E-state index in [1.54, 1.807) is 18.2 Å². The van der Waals surface area contributed by atoms with Crippen molar-refractivity contribution in [1.29, 1.82) is 0 Å². The fourth-order valence-corrected chi connectivity index (χ4v) is 1.57. The minimum atomic E-state index is -0.337. The molecule has 0 saturated heterocycles. The fraction of sp³-hybridized carbons (Fsp3) is 0.250. The van der Waals surface area contributed by atoms with Crippen molar-refractivity contribution in [3.05, 3.63) is 35.0 Å². The first-order chi connectivity index (χ1) is 7.63. The van der Waals surface area contributed by atoms with Crippen LogP contribution in [0.15, 0.2) is 18.2 Å². The summed E-state index contributed by atoms with van der Waals surface area (Å²) in [4.78, 5) is 11.4. The predicted molar refractivity (Wildman–Crippen MR) is 60.4 cm³/mol. The van der Waals surface area contributed by atoms with Gasteiger partial charge in [-0.05, 0) is 37.6 Å². The monoisotopic (exact) mass is 216 g/mol. The van der Waals surface area contributed by atoms with E-state index in [2.05, 4.69) is 14.9 Å². The lowest BCUT2D eigenvalue weighted by molar-refractivity contribution is 0.0601. The Balaban J connectivity index is 2.69. The molecular weight excluding hydrogens is 204 g/mol. The van der Waals surface area contributed by atoms with E-state index in [1.807, 2.05) is 13.8 Å². The van der Waals surface area contributed by atoms with Gasteiger partial charge in [0.2, 0.25) is 0 Å². The molecule has 1 aromatic carbocycles. The lowest BCUT2D eigenvalue weighted by atomic mass is 10.1. The summed E-state index contributed by atoms with van der Waals surface area (Å²) >= 11 is 0. The van der Waals surface area contributed by atoms with E-state index in [0.29, 0.717) is 5.56 Å². The van der Waals surface area contributed by atoms with Crippen molar-refractivity contribution in [3.8, 4) is 0 Å². The SMILES string of the molecule is COC(=O)c1ccc2nnc(C)c(C)c2c1. The second-order valence-electron chi connectivity index (χ2n) is 3.63. The van der Waals surface area contributed by atoms with Gasteiger partial charge < -0.3 is 4.74 Å². The Morgan fingerprint density at radius 3 is 2.69 bits per heavy atom. The lowest BCUT2D eigenvalue weighted by Gasteiger charge is -2.05. The van der Waals surface area contributed by atoms with Crippen molar-refractivity contribution in [1.82, 2.24) is 10.2 Å². The van der Waals surface area contributed by atoms with Crippen molar-refractivity contribution in [2.75, 3.05) is 7.11 Å². The number of methoxy groups -OCH3 is 1. The standard InChI is InChI=1S/C12H12N2O2/c1-7-8(2)13-14-11-5-4-9(6-10(7)11)12(15)16-3/h4-6H,1-3H3. The van der Waals surface area contributed by atoms with Gasteiger partial charge in [-0.1, -0.05) is 0 Å². The van der Waals surface area contributed by atoms with Gasteiger partial charge in [0.15, 0.2) is 0 Å². The van der Waals surface area contributed by atoms with Crippen LogP contribution in [0.2, 0.25) is 0 Å². The van der Waals surface area contributed by atoms with Crippen LogP contribution in [0.4, 0.5) is 0 Å². The molecule has 0 N–H and O–H groups in total. The number of ether oxygens (including phenoxy) is 1. The Labute approximate surface area is 93.3 Å². The highest BCUT2D eigenvalue weighted by Crippen LogP contribution is 2.19. The van der Waals surface area contributed by atoms with Gasteiger partial charge >= 0.3 is 5.97 Å². The molecule has 0 aliphatic rings. The van der Waals surface area contributed by atoms with Crippen LogP contribution in [-0.2, 0) is 4.74 Å². The highest BCUT2D eigenvalue weighted by molar-refractivity contribution is 5.95. The Kier molecular flexibility index (Phi) is 2.56. The minimum absolute atomic E-state index is 0.337. The van der Waals surface area contributed by atoms with Crippen LogP contribution < -0.4 is 0 Å². The van der Waals surface area contributed by atoms with Gasteiger partial charge in [0.1, 0.15) is 0 Å². The number of fused-ring (bicyclic) bond motifs is 1. The third-order valence-electron chi connectivity index (χ3n) is 2.67. The summed E-state index contributed by atoms with van der Waals surface area (Å²) in [5.74, 6) is -0.337. The molecule has 4 heteroatoms. The summed E-state index contributed by atoms with van der Waals surface area (Å²) in [6.45, 7) is 3.86. The Bertz CT molecular complexity index is 564. The molecule has 0 radical (unpaired) electrons. The molecule has 0 bridgehead atoms. The van der Waals surface area contributed by atoms with Crippen molar-refractivity contribution >= 4 is 16.9 Å². The first-order valence-electron chi connectivity index (χ1n) is 4.95. The Morgan fingerprint density at radius 1 is 1.25 bits per heavy atom. The number of hydrogen-bond acceptors (Lipinski definition) is 4. The molecule has 0 aliphatic heterocycles. The molecule has 0 fully saturated rings. The molecule has 0 atom stereocenters. The van der Waals surface area contributed by atoms with Gasteiger partial charge in [-0.2, -0.15) is 10.2 Å². The van der Waals surface area contributed by atoms with Crippen LogP contribution in [0.3, 0.4) is 0 Å². The average molecular weight is 216 g/mol. The topological polar surface area (TPSA) is 52.1 Å². The van der Waals surface area contributed by atoms with E-state index >= 15 is 0 Å². The molecule has 0 amide bonds. The number of esters is 1. The second kappa shape index (κ2) is 3.89. The van der Waals surface area contributed by atoms with Crippen LogP contribution in [0.1, 0.15) is 21.6 Å². The number of carbonyl (C=O) groups excluding carboxylic acids is 1. The van der Waals surface area contributed by atoms with Crippen LogP contribution in [0.25, 0.3) is 10.9 Å². The summed E-state index contributed by atoms with van der Waals surface area (Å²) in [5.41, 5.74) is 3.23. The molecule has 0 unspecified atom stereocenters. The lowest BCUT2D eigenvalue weighted by Crippen LogP contribution is -2.02. The van der Waals surface area contributed by atoms with Crippen LogP contribution in [-0.4, -0.2) is 23.3 Å². The first kappa shape index (κ1) is 10.5. The number of benzene rings is 1. The van der Waals surface area contributed by atoms with Crippen molar-refractivity contribution in [2.24, 2.45) is 0 Å². The summed E-state index contributed by atoms with van der Waals surface area (Å²) in [6, 6.07) is 5.26. The maximum atomic E-state index is 11.4. The quantitative estimate of drug-likeness (QED) is 0.684. The van der Waals surface area contributed by atoms with E-state index in [4.69, 9.17) is 0 Å². The van der Waals surface area contributed by atoms with Gasteiger partial charge in [0.05, 0.1) is 23.9 Å². The van der Waals surface area contributed by atoms with Crippen molar-refractivity contribution < 1.29 is 9.53 Å². The van der Waals surface area contributed by atoms with Gasteiger partial charge in [0, 0.05) is 5.39 Å². The van der Waals surface area contributed by atoms with E-state index in [-0.39, 0.29) is 5.97 Å². The van der Waals surface area contributed by atoms with Crippen LogP contribution in [0, 0.1) is 13.8 Å². The number of aromatic nitrogens is 2. The zero-order valence-corrected chi connectivity index (χ0v) is 9.44. The fourth-order valence-electron chi connectivity index (χ4n) is 1.57. The molecule has 82 valence electrons. The first-order valence-corrected chi connectivity index (χ1v) is 4.95. The number of nitrogens with zero attached hydrogens (tertiary/aromatic N) is 2. The molecule has 0 saturated carbocycles. The zero-order chi connectivity index (χ0) is 11.7. The predicted octanol–water partition coefficient (Wildman–Crippen LogP) is 2.03. The zero-order valence-electron chi connectivity index (χ0n) is 9.44. The van der Waals surface area contributed by atoms with E-state index in [0.717, 1.165) is 22.2 Å². The van der Waals surface area contributed by atoms with E-state index in [1.165, 1.54) is 7.11 Å². The maximum absolute atomic E-state index is 11.4. The molecule has 4 nitrogen and oxygen atoms in total. The summed E-state index contributed by atoms with van der Waals surface area (Å²) in [7, 11) is 1.37. The molecule has 0 aliphatic carbocycles. The Hall–Kier alpha value is -1.97. The summed E-state index contributed by atoms with van der Waals surface area (Å²) in [6.07, 6.45) is 0. The third-order valence-corrected chi connectivity index (χ3v) is 2.67. The average Bonchev–Trinajstić information content (AvgIpc) is 2.32. The molecular formula is C12H12N2O2. The summed E-state index contributed by atoms with van der Waals surface area (Å²) < 4.78 is 4.68. The van der Waals surface area contributed by atoms with Gasteiger partial charge in [-0.15, -0.1) is 0 Å². The number of rotatable bonds is 1. The van der Waals surface area contributed by atoms with Crippen molar-refractivity contribution in [2.45, 2.75) is 13.8 Å². The maximum Gasteiger partial charge on any atom is 0.337 e. The molecule has 16 heavy (non-hydrogen) atoms. The minimum Gasteiger partial charge on any atom is -0.465 e. The van der Waals surface area contributed by atoms with E-state index in [9.17, 15) is 4.79 Å². The van der Waals surface area contributed by atoms with Crippen LogP contribution in [0.5, 0.6) is 0 Å². The molecule has 2 aromatic rings. The van der Waals surface area contributed by atoms with Crippen molar-refractivity contribution in [3.63, 3.8) is 0 Å². The Morgan fingerprint density at radius 2 is 2.00 bits per heavy atom. The van der Waals surface area contributed by atoms with Crippen LogP contribution >= 0.6 is 0 Å². The molecule has 1 aromatic heterocycles. The highest BCUT2D eigenvalue weighted by atomic mass is 16.5. The van der Waals surface area contributed by atoms with Gasteiger partial charge in [-0.3, -0.25) is 0 Å². The van der Waals surface area contributed by atoms with Gasteiger partial charge in [-0.25, -0.2) is 4.79 Å². The summed E-state index contributed by atoms with van der Waals surface area (Å²) in [5, 5.41) is 9.04. The van der Waals surface area contributed by atoms with Gasteiger partial charge in [0.25, 0.3) is 0 Å². The highest BCUT2D eigenvalue weighted by Gasteiger charge is 2.09. The number of carbonyl (C=O) groups is 1. The second-order valence-corrected chi connectivity index (χ2v) is 3.63. The smallest absolute Gasteiger partial charge is 0.337 e. The molecule has 1 heterocycles. The molecule has 2 rings (SSSR count). The van der Waals surface area contributed by atoms with E-state index < -0.39 is 0 Å².